The van der Waals surface area contributed by atoms with Gasteiger partial charge in [0, 0.05) is 26.3 Å². The van der Waals surface area contributed by atoms with Crippen molar-refractivity contribution in [1.82, 2.24) is 9.55 Å². The molecule has 2 aromatic rings. The highest BCUT2D eigenvalue weighted by molar-refractivity contribution is 6.05. The lowest BCUT2D eigenvalue weighted by Gasteiger charge is -2.23. The molecule has 28 heavy (non-hydrogen) atoms. The summed E-state index contributed by atoms with van der Waals surface area (Å²) in [7, 11) is 1.50. The summed E-state index contributed by atoms with van der Waals surface area (Å²) in [6, 6.07) is 9.30. The van der Waals surface area contributed by atoms with Crippen molar-refractivity contribution >= 4 is 23.5 Å². The van der Waals surface area contributed by atoms with E-state index in [0.717, 1.165) is 5.56 Å². The Hall–Kier alpha value is -3.13. The van der Waals surface area contributed by atoms with Gasteiger partial charge in [0.25, 0.3) is 11.5 Å². The molecule has 1 heterocycles. The smallest absolute Gasteiger partial charge is 0.330 e. The molecule has 1 aromatic heterocycles. The van der Waals surface area contributed by atoms with Crippen LogP contribution in [0.3, 0.4) is 0 Å². The maximum Gasteiger partial charge on any atom is 0.330 e. The molecule has 2 rings (SSSR count). The Balaban J connectivity index is 2.47. The van der Waals surface area contributed by atoms with Crippen molar-refractivity contribution in [2.45, 2.75) is 20.4 Å². The number of hydrogen-bond acceptors (Lipinski definition) is 5. The summed E-state index contributed by atoms with van der Waals surface area (Å²) in [5, 5.41) is 0. The number of anilines is 2. The van der Waals surface area contributed by atoms with Crippen LogP contribution in [0.4, 0.5) is 11.5 Å². The molecule has 0 aliphatic heterocycles. The van der Waals surface area contributed by atoms with E-state index in [9.17, 15) is 14.4 Å². The Kier molecular flexibility index (Phi) is 7.34. The van der Waals surface area contributed by atoms with Crippen molar-refractivity contribution in [2.75, 3.05) is 30.9 Å². The average Bonchev–Trinajstić information content (AvgIpc) is 2.66. The highest BCUT2D eigenvalue weighted by atomic mass is 16.5. The molecule has 1 aromatic carbocycles. The number of methoxy groups -OCH3 is 1. The molecule has 1 amide bonds. The van der Waals surface area contributed by atoms with Crippen molar-refractivity contribution in [1.29, 1.82) is 0 Å². The minimum Gasteiger partial charge on any atom is -0.383 e. The molecule has 0 atom stereocenters. The number of nitrogens with zero attached hydrogens (tertiary/aromatic N) is 2. The molecule has 0 unspecified atom stereocenters. The van der Waals surface area contributed by atoms with Gasteiger partial charge in [-0.05, 0) is 17.6 Å². The number of rotatable bonds is 8. The van der Waals surface area contributed by atoms with E-state index in [0.29, 0.717) is 6.54 Å². The summed E-state index contributed by atoms with van der Waals surface area (Å²) in [5.74, 6) is -0.354. The molecule has 8 heteroatoms. The number of carbonyl (C=O) groups excluding carboxylic acids is 1. The number of benzene rings is 1. The lowest BCUT2D eigenvalue weighted by Crippen LogP contribution is -2.42. The van der Waals surface area contributed by atoms with Crippen molar-refractivity contribution in [2.24, 2.45) is 5.92 Å². The van der Waals surface area contributed by atoms with E-state index in [1.807, 2.05) is 44.2 Å². The number of nitrogens with one attached hydrogen (secondary N) is 1. The van der Waals surface area contributed by atoms with Gasteiger partial charge >= 0.3 is 5.69 Å². The third-order valence-corrected chi connectivity index (χ3v) is 4.03. The fraction of sp³-hybridized carbons (Fsp3) is 0.350. The summed E-state index contributed by atoms with van der Waals surface area (Å²) < 4.78 is 6.34. The standard InChI is InChI=1S/C20H26N4O4/c1-14(2)13-24-18(21)17(19(26)22-20(24)27)23(11-12-28-3)16(25)10-9-15-7-5-4-6-8-15/h4-10,14H,11-13,21H2,1-3H3,(H,22,26,27)/b10-9+. The predicted molar refractivity (Wildman–Crippen MR) is 110 cm³/mol. The summed E-state index contributed by atoms with van der Waals surface area (Å²) in [5.41, 5.74) is 5.61. The maximum atomic E-state index is 12.8. The quantitative estimate of drug-likeness (QED) is 0.668. The van der Waals surface area contributed by atoms with Crippen LogP contribution in [0.2, 0.25) is 0 Å². The lowest BCUT2D eigenvalue weighted by molar-refractivity contribution is -0.114. The molecule has 3 N–H and O–H groups in total. The number of carbonyl (C=O) groups is 1. The molecule has 0 bridgehead atoms. The number of aromatic amines is 1. The number of ether oxygens (including phenoxy) is 1. The Morgan fingerprint density at radius 3 is 2.57 bits per heavy atom. The van der Waals surface area contributed by atoms with Crippen LogP contribution in [0.25, 0.3) is 6.08 Å². The minimum atomic E-state index is -0.708. The summed E-state index contributed by atoms with van der Waals surface area (Å²) in [4.78, 5) is 40.9. The van der Waals surface area contributed by atoms with Gasteiger partial charge in [-0.25, -0.2) is 4.79 Å². The summed E-state index contributed by atoms with van der Waals surface area (Å²) in [6.07, 6.45) is 3.01. The van der Waals surface area contributed by atoms with E-state index in [1.54, 1.807) is 6.08 Å². The van der Waals surface area contributed by atoms with E-state index in [-0.39, 0.29) is 30.6 Å². The van der Waals surface area contributed by atoms with Crippen LogP contribution in [-0.2, 0) is 16.1 Å². The predicted octanol–water partition coefficient (Wildman–Crippen LogP) is 1.47. The third-order valence-electron chi connectivity index (χ3n) is 4.03. The second kappa shape index (κ2) is 9.70. The number of aromatic nitrogens is 2. The SMILES string of the molecule is COCCN(C(=O)/C=C/c1ccccc1)c1c(N)n(CC(C)C)c(=O)[nH]c1=O. The second-order valence-corrected chi connectivity index (χ2v) is 6.72. The molecule has 0 aliphatic carbocycles. The number of nitrogens with two attached hydrogens (primary N) is 1. The molecule has 0 saturated heterocycles. The lowest BCUT2D eigenvalue weighted by atomic mass is 10.2. The number of H-pyrrole nitrogens is 1. The zero-order valence-corrected chi connectivity index (χ0v) is 16.3. The molecule has 0 aliphatic rings. The van der Waals surface area contributed by atoms with Crippen molar-refractivity contribution in [3.8, 4) is 0 Å². The molecular formula is C20H26N4O4. The topological polar surface area (TPSA) is 110 Å². The molecule has 0 fully saturated rings. The molecule has 0 spiro atoms. The van der Waals surface area contributed by atoms with Crippen LogP contribution in [-0.4, -0.2) is 35.7 Å². The van der Waals surface area contributed by atoms with Gasteiger partial charge in [0.05, 0.1) is 6.61 Å². The van der Waals surface area contributed by atoms with Crippen LogP contribution < -0.4 is 21.9 Å². The van der Waals surface area contributed by atoms with Crippen LogP contribution in [0.1, 0.15) is 19.4 Å². The van der Waals surface area contributed by atoms with Gasteiger partial charge in [-0.2, -0.15) is 0 Å². The summed E-state index contributed by atoms with van der Waals surface area (Å²) in [6.45, 7) is 4.48. The molecular weight excluding hydrogens is 360 g/mol. The van der Waals surface area contributed by atoms with Gasteiger partial charge in [-0.15, -0.1) is 0 Å². The van der Waals surface area contributed by atoms with Gasteiger partial charge < -0.3 is 10.5 Å². The van der Waals surface area contributed by atoms with Crippen molar-refractivity contribution in [3.63, 3.8) is 0 Å². The van der Waals surface area contributed by atoms with Gasteiger partial charge in [0.1, 0.15) is 5.82 Å². The van der Waals surface area contributed by atoms with Gasteiger partial charge in [-0.3, -0.25) is 24.0 Å². The van der Waals surface area contributed by atoms with E-state index in [2.05, 4.69) is 4.98 Å². The molecule has 150 valence electrons. The fourth-order valence-corrected chi connectivity index (χ4v) is 2.72. The Bertz CT molecular complexity index is 945. The zero-order chi connectivity index (χ0) is 20.7. The average molecular weight is 386 g/mol. The number of hydrogen-bond donors (Lipinski definition) is 2. The largest absolute Gasteiger partial charge is 0.383 e. The Morgan fingerprint density at radius 2 is 1.96 bits per heavy atom. The first kappa shape index (κ1) is 21.2. The van der Waals surface area contributed by atoms with Crippen LogP contribution in [0.5, 0.6) is 0 Å². The first-order chi connectivity index (χ1) is 13.3. The van der Waals surface area contributed by atoms with Crippen molar-refractivity contribution in [3.05, 3.63) is 62.8 Å². The molecule has 0 radical (unpaired) electrons. The van der Waals surface area contributed by atoms with Crippen LogP contribution in [0.15, 0.2) is 46.0 Å². The van der Waals surface area contributed by atoms with E-state index in [4.69, 9.17) is 10.5 Å². The highest BCUT2D eigenvalue weighted by Gasteiger charge is 2.23. The number of amides is 1. The van der Waals surface area contributed by atoms with Gasteiger partial charge in [-0.1, -0.05) is 44.2 Å². The van der Waals surface area contributed by atoms with E-state index >= 15 is 0 Å². The maximum absolute atomic E-state index is 12.8. The minimum absolute atomic E-state index is 0.0417. The highest BCUT2D eigenvalue weighted by Crippen LogP contribution is 2.18. The van der Waals surface area contributed by atoms with Gasteiger partial charge in [0.15, 0.2) is 5.69 Å². The first-order valence-electron chi connectivity index (χ1n) is 9.01. The summed E-state index contributed by atoms with van der Waals surface area (Å²) >= 11 is 0. The van der Waals surface area contributed by atoms with E-state index < -0.39 is 17.2 Å². The Labute approximate surface area is 163 Å². The third kappa shape index (κ3) is 5.20. The van der Waals surface area contributed by atoms with Crippen LogP contribution >= 0.6 is 0 Å². The second-order valence-electron chi connectivity index (χ2n) is 6.72. The molecule has 8 nitrogen and oxygen atoms in total. The number of nitrogen functional groups attached to an aromatic ring is 1. The zero-order valence-electron chi connectivity index (χ0n) is 16.3. The van der Waals surface area contributed by atoms with Gasteiger partial charge in [0.2, 0.25) is 0 Å². The van der Waals surface area contributed by atoms with E-state index in [1.165, 1.54) is 22.7 Å². The molecule has 0 saturated carbocycles. The normalized spacial score (nSPS) is 11.3. The Morgan fingerprint density at radius 1 is 1.29 bits per heavy atom. The monoisotopic (exact) mass is 386 g/mol. The fourth-order valence-electron chi connectivity index (χ4n) is 2.72. The van der Waals surface area contributed by atoms with Crippen LogP contribution in [0, 0.1) is 5.92 Å². The first-order valence-corrected chi connectivity index (χ1v) is 9.01. The van der Waals surface area contributed by atoms with Crippen molar-refractivity contribution < 1.29 is 9.53 Å².